The molecule has 1 heterocycles. The van der Waals surface area contributed by atoms with Crippen LogP contribution in [0.3, 0.4) is 0 Å². The number of benzene rings is 1. The van der Waals surface area contributed by atoms with Gasteiger partial charge in [0.2, 0.25) is 5.91 Å². The lowest BCUT2D eigenvalue weighted by Gasteiger charge is -2.14. The summed E-state index contributed by atoms with van der Waals surface area (Å²) in [4.78, 5) is 24.6. The molecule has 0 aliphatic carbocycles. The molecule has 0 fully saturated rings. The Labute approximate surface area is 122 Å². The number of amides is 2. The van der Waals surface area contributed by atoms with Gasteiger partial charge < -0.3 is 15.4 Å². The highest BCUT2D eigenvalue weighted by molar-refractivity contribution is 7.99. The zero-order valence-electron chi connectivity index (χ0n) is 11.6. The number of fused-ring (bicyclic) bond motifs is 1. The fraction of sp³-hybridized carbons (Fsp3) is 0.429. The van der Waals surface area contributed by atoms with Crippen molar-refractivity contribution in [1.82, 2.24) is 5.32 Å². The number of anilines is 1. The van der Waals surface area contributed by atoms with Gasteiger partial charge in [-0.15, -0.1) is 11.8 Å². The zero-order valence-corrected chi connectivity index (χ0v) is 12.4. The van der Waals surface area contributed by atoms with Gasteiger partial charge in [-0.1, -0.05) is 0 Å². The highest BCUT2D eigenvalue weighted by Gasteiger charge is 2.16. The number of carbonyl (C=O) groups is 2. The summed E-state index contributed by atoms with van der Waals surface area (Å²) in [6.07, 6.45) is 0.492. The molecular weight excluding hydrogens is 276 g/mol. The zero-order chi connectivity index (χ0) is 14.5. The van der Waals surface area contributed by atoms with Crippen molar-refractivity contribution in [3.8, 4) is 0 Å². The first-order valence-electron chi connectivity index (χ1n) is 6.46. The maximum absolute atomic E-state index is 12.1. The van der Waals surface area contributed by atoms with Crippen LogP contribution in [-0.4, -0.2) is 37.3 Å². The minimum atomic E-state index is -0.166. The van der Waals surface area contributed by atoms with Crippen molar-refractivity contribution in [2.24, 2.45) is 0 Å². The van der Waals surface area contributed by atoms with Crippen LogP contribution in [0.5, 0.6) is 0 Å². The molecular formula is C14H18N2O3S. The van der Waals surface area contributed by atoms with Gasteiger partial charge >= 0.3 is 0 Å². The summed E-state index contributed by atoms with van der Waals surface area (Å²) in [6.45, 7) is 2.34. The van der Waals surface area contributed by atoms with Crippen molar-refractivity contribution in [2.45, 2.75) is 24.3 Å². The number of carbonyl (C=O) groups excluding carboxylic acids is 2. The maximum atomic E-state index is 12.1. The van der Waals surface area contributed by atoms with E-state index in [1.807, 2.05) is 13.0 Å². The van der Waals surface area contributed by atoms with E-state index in [2.05, 4.69) is 10.6 Å². The summed E-state index contributed by atoms with van der Waals surface area (Å²) < 4.78 is 4.99. The van der Waals surface area contributed by atoms with E-state index >= 15 is 0 Å². The van der Waals surface area contributed by atoms with Crippen LogP contribution >= 0.6 is 11.8 Å². The summed E-state index contributed by atoms with van der Waals surface area (Å²) in [7, 11) is 1.60. The van der Waals surface area contributed by atoms with E-state index in [-0.39, 0.29) is 17.9 Å². The Kier molecular flexibility index (Phi) is 5.03. The van der Waals surface area contributed by atoms with E-state index in [1.54, 1.807) is 31.0 Å². The molecule has 1 atom stereocenters. The molecule has 0 radical (unpaired) electrons. The lowest BCUT2D eigenvalue weighted by Crippen LogP contribution is -2.35. The summed E-state index contributed by atoms with van der Waals surface area (Å²) in [5.41, 5.74) is 1.25. The Hall–Kier alpha value is -1.53. The molecule has 1 aliphatic rings. The molecule has 1 aromatic carbocycles. The van der Waals surface area contributed by atoms with E-state index in [0.29, 0.717) is 24.3 Å². The summed E-state index contributed by atoms with van der Waals surface area (Å²) in [6, 6.07) is 5.32. The SMILES string of the molecule is COCC(C)NC(=O)c1ccc2c(c1)NC(=O)CCS2. The summed E-state index contributed by atoms with van der Waals surface area (Å²) in [5, 5.41) is 5.68. The lowest BCUT2D eigenvalue weighted by atomic mass is 10.1. The van der Waals surface area contributed by atoms with Crippen LogP contribution in [0, 0.1) is 0 Å². The molecule has 6 heteroatoms. The third-order valence-corrected chi connectivity index (χ3v) is 3.97. The minimum absolute atomic E-state index is 0.0124. The average molecular weight is 294 g/mol. The fourth-order valence-electron chi connectivity index (χ4n) is 1.96. The molecule has 0 aromatic heterocycles. The van der Waals surface area contributed by atoms with Crippen molar-refractivity contribution >= 4 is 29.3 Å². The Morgan fingerprint density at radius 1 is 1.55 bits per heavy atom. The second-order valence-electron chi connectivity index (χ2n) is 4.69. The van der Waals surface area contributed by atoms with Gasteiger partial charge in [0, 0.05) is 35.8 Å². The molecule has 0 bridgehead atoms. The standard InChI is InChI=1S/C14H18N2O3S/c1-9(8-19-2)15-14(18)10-3-4-12-11(7-10)16-13(17)5-6-20-12/h3-4,7,9H,5-6,8H2,1-2H3,(H,15,18)(H,16,17). The molecule has 1 unspecified atom stereocenters. The van der Waals surface area contributed by atoms with E-state index in [9.17, 15) is 9.59 Å². The van der Waals surface area contributed by atoms with Crippen molar-refractivity contribution in [1.29, 1.82) is 0 Å². The van der Waals surface area contributed by atoms with Gasteiger partial charge in [0.05, 0.1) is 12.3 Å². The van der Waals surface area contributed by atoms with Crippen LogP contribution < -0.4 is 10.6 Å². The minimum Gasteiger partial charge on any atom is -0.383 e. The number of methoxy groups -OCH3 is 1. The maximum Gasteiger partial charge on any atom is 0.251 e. The second-order valence-corrected chi connectivity index (χ2v) is 5.82. The third-order valence-electron chi connectivity index (χ3n) is 2.90. The van der Waals surface area contributed by atoms with Crippen LogP contribution in [0.2, 0.25) is 0 Å². The van der Waals surface area contributed by atoms with E-state index in [0.717, 1.165) is 10.6 Å². The molecule has 108 valence electrons. The van der Waals surface area contributed by atoms with Gasteiger partial charge in [-0.25, -0.2) is 0 Å². The molecule has 2 rings (SSSR count). The molecule has 0 saturated heterocycles. The number of thioether (sulfide) groups is 1. The van der Waals surface area contributed by atoms with E-state index in [4.69, 9.17) is 4.74 Å². The van der Waals surface area contributed by atoms with Gasteiger partial charge in [-0.3, -0.25) is 9.59 Å². The monoisotopic (exact) mass is 294 g/mol. The van der Waals surface area contributed by atoms with Gasteiger partial charge in [0.15, 0.2) is 0 Å². The molecule has 0 spiro atoms. The van der Waals surface area contributed by atoms with Crippen LogP contribution in [-0.2, 0) is 9.53 Å². The smallest absolute Gasteiger partial charge is 0.251 e. The largest absolute Gasteiger partial charge is 0.383 e. The first-order chi connectivity index (χ1) is 9.60. The topological polar surface area (TPSA) is 67.4 Å². The highest BCUT2D eigenvalue weighted by Crippen LogP contribution is 2.31. The molecule has 5 nitrogen and oxygen atoms in total. The fourth-order valence-corrected chi connectivity index (χ4v) is 2.90. The number of nitrogens with one attached hydrogen (secondary N) is 2. The van der Waals surface area contributed by atoms with Crippen LogP contribution in [0.1, 0.15) is 23.7 Å². The predicted octanol–water partition coefficient (Wildman–Crippen LogP) is 1.89. The highest BCUT2D eigenvalue weighted by atomic mass is 32.2. The number of ether oxygens (including phenoxy) is 1. The van der Waals surface area contributed by atoms with Gasteiger partial charge in [-0.05, 0) is 25.1 Å². The van der Waals surface area contributed by atoms with Crippen molar-refractivity contribution in [2.75, 3.05) is 24.8 Å². The predicted molar refractivity (Wildman–Crippen MR) is 79.2 cm³/mol. The molecule has 0 saturated carbocycles. The third kappa shape index (κ3) is 3.74. The Morgan fingerprint density at radius 3 is 3.10 bits per heavy atom. The normalized spacial score (nSPS) is 15.8. The molecule has 2 N–H and O–H groups in total. The van der Waals surface area contributed by atoms with Gasteiger partial charge in [-0.2, -0.15) is 0 Å². The lowest BCUT2D eigenvalue weighted by molar-refractivity contribution is -0.115. The number of hydrogen-bond acceptors (Lipinski definition) is 4. The van der Waals surface area contributed by atoms with Gasteiger partial charge in [0.25, 0.3) is 5.91 Å². The van der Waals surface area contributed by atoms with Crippen LogP contribution in [0.25, 0.3) is 0 Å². The first-order valence-corrected chi connectivity index (χ1v) is 7.45. The summed E-state index contributed by atoms with van der Waals surface area (Å²) in [5.74, 6) is 0.581. The molecule has 20 heavy (non-hydrogen) atoms. The molecule has 1 aliphatic heterocycles. The van der Waals surface area contributed by atoms with Crippen molar-refractivity contribution in [3.05, 3.63) is 23.8 Å². The van der Waals surface area contributed by atoms with E-state index in [1.165, 1.54) is 0 Å². The summed E-state index contributed by atoms with van der Waals surface area (Å²) >= 11 is 1.62. The second kappa shape index (κ2) is 6.76. The van der Waals surface area contributed by atoms with Crippen LogP contribution in [0.4, 0.5) is 5.69 Å². The van der Waals surface area contributed by atoms with Crippen molar-refractivity contribution in [3.63, 3.8) is 0 Å². The first kappa shape index (κ1) is 14.9. The van der Waals surface area contributed by atoms with Gasteiger partial charge in [0.1, 0.15) is 0 Å². The number of rotatable bonds is 4. The Bertz CT molecular complexity index is 519. The molecule has 2 amide bonds. The van der Waals surface area contributed by atoms with E-state index < -0.39 is 0 Å². The van der Waals surface area contributed by atoms with Crippen LogP contribution in [0.15, 0.2) is 23.1 Å². The van der Waals surface area contributed by atoms with Crippen molar-refractivity contribution < 1.29 is 14.3 Å². The average Bonchev–Trinajstić information content (AvgIpc) is 2.58. The Morgan fingerprint density at radius 2 is 2.35 bits per heavy atom. The quantitative estimate of drug-likeness (QED) is 0.890. The molecule has 1 aromatic rings. The Balaban J connectivity index is 2.13. The number of hydrogen-bond donors (Lipinski definition) is 2.